The highest BCUT2D eigenvalue weighted by Gasteiger charge is 2.26. The van der Waals surface area contributed by atoms with Gasteiger partial charge in [0.1, 0.15) is 0 Å². The first-order chi connectivity index (χ1) is 7.60. The van der Waals surface area contributed by atoms with Gasteiger partial charge in [0.15, 0.2) is 0 Å². The molecule has 1 N–H and O–H groups in total. The number of carbonyl (C=O) groups is 2. The third-order valence-corrected chi connectivity index (χ3v) is 2.83. The van der Waals surface area contributed by atoms with E-state index in [2.05, 4.69) is 10.1 Å². The fourth-order valence-electron chi connectivity index (χ4n) is 1.64. The molecule has 1 rings (SSSR count). The Morgan fingerprint density at radius 1 is 1.19 bits per heavy atom. The van der Waals surface area contributed by atoms with Crippen LogP contribution in [0.25, 0.3) is 0 Å². The number of nitrogens with zero attached hydrogens (tertiary/aromatic N) is 2. The molecule has 1 saturated heterocycles. The fraction of sp³-hybridized carbons (Fsp3) is 0.800. The predicted octanol–water partition coefficient (Wildman–Crippen LogP) is -0.495. The Balaban J connectivity index is 2.43. The molecule has 1 aliphatic rings. The summed E-state index contributed by atoms with van der Waals surface area (Å²) < 4.78 is 4.63. The number of carbonyl (C=O) groups excluding carboxylic acids is 2. The van der Waals surface area contributed by atoms with Crippen LogP contribution in [-0.4, -0.2) is 68.2 Å². The zero-order chi connectivity index (χ0) is 12.1. The van der Waals surface area contributed by atoms with Crippen LogP contribution < -0.4 is 5.32 Å². The number of amides is 2. The lowest BCUT2D eigenvalue weighted by molar-refractivity contribution is -0.134. The largest absolute Gasteiger partial charge is 0.453 e. The van der Waals surface area contributed by atoms with Crippen molar-refractivity contribution in [2.75, 3.05) is 40.3 Å². The van der Waals surface area contributed by atoms with Crippen molar-refractivity contribution in [3.63, 3.8) is 0 Å². The highest BCUT2D eigenvalue weighted by molar-refractivity contribution is 5.81. The van der Waals surface area contributed by atoms with Gasteiger partial charge in [0.25, 0.3) is 0 Å². The van der Waals surface area contributed by atoms with Crippen molar-refractivity contribution in [1.29, 1.82) is 0 Å². The van der Waals surface area contributed by atoms with Gasteiger partial charge in [0.2, 0.25) is 5.91 Å². The number of nitrogens with one attached hydrogen (secondary N) is 1. The van der Waals surface area contributed by atoms with Crippen molar-refractivity contribution in [2.45, 2.75) is 13.0 Å². The Hall–Kier alpha value is -1.30. The van der Waals surface area contributed by atoms with Crippen molar-refractivity contribution >= 4 is 12.0 Å². The second kappa shape index (κ2) is 5.69. The van der Waals surface area contributed by atoms with Crippen molar-refractivity contribution < 1.29 is 14.3 Å². The molecular formula is C10H19N3O3. The van der Waals surface area contributed by atoms with Gasteiger partial charge in [-0.15, -0.1) is 0 Å². The minimum atomic E-state index is -0.325. The van der Waals surface area contributed by atoms with Gasteiger partial charge in [-0.2, -0.15) is 0 Å². The van der Waals surface area contributed by atoms with Crippen LogP contribution in [0, 0.1) is 0 Å². The molecule has 1 fully saturated rings. The normalized spacial score (nSPS) is 18.2. The molecule has 16 heavy (non-hydrogen) atoms. The Kier molecular flexibility index (Phi) is 4.54. The van der Waals surface area contributed by atoms with Crippen molar-refractivity contribution in [3.05, 3.63) is 0 Å². The summed E-state index contributed by atoms with van der Waals surface area (Å²) in [6.45, 7) is 4.04. The molecule has 0 bridgehead atoms. The first-order valence-electron chi connectivity index (χ1n) is 5.39. The molecule has 92 valence electrons. The molecule has 1 heterocycles. The number of hydrogen-bond acceptors (Lipinski definition) is 4. The molecule has 1 aliphatic heterocycles. The second-order valence-corrected chi connectivity index (χ2v) is 3.79. The van der Waals surface area contributed by atoms with Gasteiger partial charge in [-0.3, -0.25) is 4.79 Å². The summed E-state index contributed by atoms with van der Waals surface area (Å²) in [5, 5.41) is 2.91. The highest BCUT2D eigenvalue weighted by Crippen LogP contribution is 2.05. The summed E-state index contributed by atoms with van der Waals surface area (Å²) in [7, 11) is 3.12. The molecule has 0 radical (unpaired) electrons. The predicted molar refractivity (Wildman–Crippen MR) is 59.1 cm³/mol. The molecule has 0 aromatic rings. The lowest BCUT2D eigenvalue weighted by atomic mass is 10.2. The van der Waals surface area contributed by atoms with E-state index in [4.69, 9.17) is 0 Å². The van der Waals surface area contributed by atoms with E-state index in [1.54, 1.807) is 16.8 Å². The van der Waals surface area contributed by atoms with Gasteiger partial charge in [-0.05, 0) is 14.0 Å². The maximum Gasteiger partial charge on any atom is 0.409 e. The molecule has 1 atom stereocenters. The monoisotopic (exact) mass is 229 g/mol. The molecule has 0 aromatic heterocycles. The summed E-state index contributed by atoms with van der Waals surface area (Å²) in [6, 6.07) is -0.176. The third-order valence-electron chi connectivity index (χ3n) is 2.83. The Morgan fingerprint density at radius 2 is 1.69 bits per heavy atom. The number of piperazine rings is 1. The zero-order valence-corrected chi connectivity index (χ0v) is 10.0. The minimum absolute atomic E-state index is 0.0759. The van der Waals surface area contributed by atoms with E-state index < -0.39 is 0 Å². The quantitative estimate of drug-likeness (QED) is 0.694. The van der Waals surface area contributed by atoms with Crippen molar-refractivity contribution in [2.24, 2.45) is 0 Å². The summed E-state index contributed by atoms with van der Waals surface area (Å²) in [5.41, 5.74) is 0. The van der Waals surface area contributed by atoms with Crippen molar-refractivity contribution in [3.8, 4) is 0 Å². The molecular weight excluding hydrogens is 210 g/mol. The second-order valence-electron chi connectivity index (χ2n) is 3.79. The third kappa shape index (κ3) is 2.85. The van der Waals surface area contributed by atoms with E-state index in [1.165, 1.54) is 7.11 Å². The van der Waals surface area contributed by atoms with Crippen LogP contribution >= 0.6 is 0 Å². The lowest BCUT2D eigenvalue weighted by Gasteiger charge is -2.35. The van der Waals surface area contributed by atoms with Gasteiger partial charge in [0.05, 0.1) is 13.2 Å². The van der Waals surface area contributed by atoms with Gasteiger partial charge in [-0.1, -0.05) is 0 Å². The van der Waals surface area contributed by atoms with E-state index in [1.807, 2.05) is 6.92 Å². The van der Waals surface area contributed by atoms with Crippen molar-refractivity contribution in [1.82, 2.24) is 15.1 Å². The first kappa shape index (κ1) is 12.8. The Bertz CT molecular complexity index is 262. The average molecular weight is 229 g/mol. The van der Waals surface area contributed by atoms with E-state index in [0.717, 1.165) is 0 Å². The Morgan fingerprint density at radius 3 is 2.12 bits per heavy atom. The topological polar surface area (TPSA) is 61.9 Å². The molecule has 1 unspecified atom stereocenters. The number of ether oxygens (including phenoxy) is 1. The van der Waals surface area contributed by atoms with Crippen LogP contribution in [-0.2, 0) is 9.53 Å². The van der Waals surface area contributed by atoms with E-state index >= 15 is 0 Å². The van der Waals surface area contributed by atoms with Crippen LogP contribution in [0.4, 0.5) is 4.79 Å². The lowest BCUT2D eigenvalue weighted by Crippen LogP contribution is -2.54. The van der Waals surface area contributed by atoms with Crippen LogP contribution in [0.3, 0.4) is 0 Å². The summed E-state index contributed by atoms with van der Waals surface area (Å²) in [5.74, 6) is 0.0759. The number of rotatable bonds is 2. The van der Waals surface area contributed by atoms with Gasteiger partial charge in [0, 0.05) is 26.2 Å². The molecule has 0 aromatic carbocycles. The van der Waals surface area contributed by atoms with Crippen LogP contribution in [0.15, 0.2) is 0 Å². The molecule has 2 amide bonds. The molecule has 6 heteroatoms. The number of likely N-dealkylation sites (N-methyl/N-ethyl adjacent to an activating group) is 1. The number of methoxy groups -OCH3 is 1. The van der Waals surface area contributed by atoms with E-state index in [-0.39, 0.29) is 18.0 Å². The van der Waals surface area contributed by atoms with Crippen LogP contribution in [0.5, 0.6) is 0 Å². The number of hydrogen-bond donors (Lipinski definition) is 1. The maximum absolute atomic E-state index is 11.8. The molecule has 0 saturated carbocycles. The minimum Gasteiger partial charge on any atom is -0.453 e. The van der Waals surface area contributed by atoms with E-state index in [0.29, 0.717) is 26.2 Å². The van der Waals surface area contributed by atoms with Gasteiger partial charge >= 0.3 is 6.09 Å². The summed E-state index contributed by atoms with van der Waals surface area (Å²) >= 11 is 0. The molecule has 6 nitrogen and oxygen atoms in total. The average Bonchev–Trinajstić information content (AvgIpc) is 2.36. The van der Waals surface area contributed by atoms with Crippen LogP contribution in [0.2, 0.25) is 0 Å². The fourth-order valence-corrected chi connectivity index (χ4v) is 1.64. The highest BCUT2D eigenvalue weighted by atomic mass is 16.5. The summed E-state index contributed by atoms with van der Waals surface area (Å²) in [4.78, 5) is 26.4. The molecule has 0 aliphatic carbocycles. The SMILES string of the molecule is CNC(C)C(=O)N1CCN(C(=O)OC)CC1. The summed E-state index contributed by atoms with van der Waals surface area (Å²) in [6.07, 6.45) is -0.325. The van der Waals surface area contributed by atoms with E-state index in [9.17, 15) is 9.59 Å². The molecule has 0 spiro atoms. The Labute approximate surface area is 95.5 Å². The first-order valence-corrected chi connectivity index (χ1v) is 5.39. The standard InChI is InChI=1S/C10H19N3O3/c1-8(11-2)9(14)12-4-6-13(7-5-12)10(15)16-3/h8,11H,4-7H2,1-3H3. The van der Waals surface area contributed by atoms with Gasteiger partial charge < -0.3 is 19.9 Å². The van der Waals surface area contributed by atoms with Crippen LogP contribution in [0.1, 0.15) is 6.92 Å². The zero-order valence-electron chi connectivity index (χ0n) is 10.0. The smallest absolute Gasteiger partial charge is 0.409 e. The maximum atomic E-state index is 11.8. The van der Waals surface area contributed by atoms with Gasteiger partial charge in [-0.25, -0.2) is 4.79 Å².